The summed E-state index contributed by atoms with van der Waals surface area (Å²) in [6.07, 6.45) is 1.56. The minimum absolute atomic E-state index is 0.0994. The van der Waals surface area contributed by atoms with E-state index in [9.17, 15) is 9.59 Å². The molecule has 0 bridgehead atoms. The zero-order valence-electron chi connectivity index (χ0n) is 15.6. The number of hydrogen-bond acceptors (Lipinski definition) is 4. The molecule has 1 atom stereocenters. The van der Waals surface area contributed by atoms with Gasteiger partial charge in [0.15, 0.2) is 0 Å². The van der Waals surface area contributed by atoms with Crippen molar-refractivity contribution >= 4 is 17.5 Å². The lowest BCUT2D eigenvalue weighted by molar-refractivity contribution is -0.119. The van der Waals surface area contributed by atoms with E-state index in [1.165, 1.54) is 0 Å². The minimum Gasteiger partial charge on any atom is -0.467 e. The molecule has 0 aliphatic heterocycles. The van der Waals surface area contributed by atoms with Crippen molar-refractivity contribution in [2.75, 3.05) is 11.9 Å². The van der Waals surface area contributed by atoms with E-state index in [-0.39, 0.29) is 24.4 Å². The highest BCUT2D eigenvalue weighted by Crippen LogP contribution is 2.14. The SMILES string of the molecule is CC(NC(=O)c1cccc(NCC(=O)NCc2ccco2)c1)c1ccccc1. The Balaban J connectivity index is 1.51. The van der Waals surface area contributed by atoms with Crippen LogP contribution in [-0.2, 0) is 11.3 Å². The molecular weight excluding hydrogens is 354 g/mol. The van der Waals surface area contributed by atoms with E-state index in [0.29, 0.717) is 23.6 Å². The Bertz CT molecular complexity index is 908. The summed E-state index contributed by atoms with van der Waals surface area (Å²) in [6, 6.07) is 20.3. The van der Waals surface area contributed by atoms with Gasteiger partial charge >= 0.3 is 0 Å². The topological polar surface area (TPSA) is 83.4 Å². The first-order valence-electron chi connectivity index (χ1n) is 9.10. The summed E-state index contributed by atoms with van der Waals surface area (Å²) in [5.41, 5.74) is 2.27. The van der Waals surface area contributed by atoms with Crippen molar-refractivity contribution in [1.82, 2.24) is 10.6 Å². The summed E-state index contributed by atoms with van der Waals surface area (Å²) in [7, 11) is 0. The van der Waals surface area contributed by atoms with E-state index < -0.39 is 0 Å². The van der Waals surface area contributed by atoms with Gasteiger partial charge < -0.3 is 20.4 Å². The maximum absolute atomic E-state index is 12.5. The molecule has 0 radical (unpaired) electrons. The van der Waals surface area contributed by atoms with Gasteiger partial charge in [-0.2, -0.15) is 0 Å². The summed E-state index contributed by atoms with van der Waals surface area (Å²) >= 11 is 0. The molecule has 1 aromatic heterocycles. The molecule has 2 aromatic carbocycles. The van der Waals surface area contributed by atoms with Gasteiger partial charge in [0.25, 0.3) is 5.91 Å². The average molecular weight is 377 g/mol. The highest BCUT2D eigenvalue weighted by atomic mass is 16.3. The molecule has 6 heteroatoms. The van der Waals surface area contributed by atoms with Crippen LogP contribution in [0.2, 0.25) is 0 Å². The molecule has 3 aromatic rings. The fraction of sp³-hybridized carbons (Fsp3) is 0.182. The molecule has 1 heterocycles. The van der Waals surface area contributed by atoms with Crippen molar-refractivity contribution < 1.29 is 14.0 Å². The van der Waals surface area contributed by atoms with Crippen molar-refractivity contribution in [1.29, 1.82) is 0 Å². The Morgan fingerprint density at radius 3 is 2.57 bits per heavy atom. The number of amides is 2. The fourth-order valence-electron chi connectivity index (χ4n) is 2.72. The molecule has 3 N–H and O–H groups in total. The summed E-state index contributed by atoms with van der Waals surface area (Å²) in [4.78, 5) is 24.5. The molecule has 3 rings (SSSR count). The lowest BCUT2D eigenvalue weighted by Gasteiger charge is -2.15. The number of carbonyl (C=O) groups excluding carboxylic acids is 2. The molecule has 0 aliphatic carbocycles. The standard InChI is InChI=1S/C22H23N3O3/c1-16(17-7-3-2-4-8-17)25-22(27)18-9-5-10-19(13-18)23-15-21(26)24-14-20-11-6-12-28-20/h2-13,16,23H,14-15H2,1H3,(H,24,26)(H,25,27). The number of carbonyl (C=O) groups is 2. The van der Waals surface area contributed by atoms with Crippen molar-refractivity contribution in [3.8, 4) is 0 Å². The number of furan rings is 1. The van der Waals surface area contributed by atoms with Crippen molar-refractivity contribution in [3.05, 3.63) is 89.9 Å². The van der Waals surface area contributed by atoms with E-state index in [1.807, 2.05) is 43.3 Å². The molecule has 0 spiro atoms. The Labute approximate surface area is 164 Å². The molecule has 0 aliphatic rings. The third-order valence-corrected chi connectivity index (χ3v) is 4.26. The van der Waals surface area contributed by atoms with Gasteiger partial charge in [0.2, 0.25) is 5.91 Å². The lowest BCUT2D eigenvalue weighted by atomic mass is 10.1. The van der Waals surface area contributed by atoms with Crippen LogP contribution in [0.25, 0.3) is 0 Å². The predicted octanol–water partition coefficient (Wildman–Crippen LogP) is 3.50. The summed E-state index contributed by atoms with van der Waals surface area (Å²) < 4.78 is 5.17. The Hall–Kier alpha value is -3.54. The van der Waals surface area contributed by atoms with Gasteiger partial charge in [-0.3, -0.25) is 9.59 Å². The maximum Gasteiger partial charge on any atom is 0.251 e. The number of nitrogens with one attached hydrogen (secondary N) is 3. The summed E-state index contributed by atoms with van der Waals surface area (Å²) in [6.45, 7) is 2.39. The first kappa shape index (κ1) is 19.2. The zero-order chi connectivity index (χ0) is 19.8. The summed E-state index contributed by atoms with van der Waals surface area (Å²) in [5.74, 6) is 0.366. The molecule has 0 saturated carbocycles. The van der Waals surface area contributed by atoms with Crippen LogP contribution in [0, 0.1) is 0 Å². The van der Waals surface area contributed by atoms with E-state index in [0.717, 1.165) is 5.56 Å². The van der Waals surface area contributed by atoms with Gasteiger partial charge in [-0.15, -0.1) is 0 Å². The normalized spacial score (nSPS) is 11.5. The molecule has 0 saturated heterocycles. The maximum atomic E-state index is 12.5. The summed E-state index contributed by atoms with van der Waals surface area (Å²) in [5, 5.41) is 8.78. The van der Waals surface area contributed by atoms with Gasteiger partial charge in [0, 0.05) is 11.3 Å². The van der Waals surface area contributed by atoms with E-state index in [1.54, 1.807) is 36.6 Å². The van der Waals surface area contributed by atoms with Crippen molar-refractivity contribution in [3.63, 3.8) is 0 Å². The number of hydrogen-bond donors (Lipinski definition) is 3. The Morgan fingerprint density at radius 1 is 1.00 bits per heavy atom. The van der Waals surface area contributed by atoms with E-state index >= 15 is 0 Å². The smallest absolute Gasteiger partial charge is 0.251 e. The molecule has 1 unspecified atom stereocenters. The van der Waals surface area contributed by atoms with Crippen LogP contribution in [0.1, 0.15) is 34.6 Å². The second-order valence-electron chi connectivity index (χ2n) is 6.40. The van der Waals surface area contributed by atoms with Crippen LogP contribution < -0.4 is 16.0 Å². The Morgan fingerprint density at radius 2 is 1.82 bits per heavy atom. The third kappa shape index (κ3) is 5.48. The van der Waals surface area contributed by atoms with Gasteiger partial charge in [0.1, 0.15) is 5.76 Å². The Kier molecular flexibility index (Phi) is 6.46. The van der Waals surface area contributed by atoms with E-state index in [2.05, 4.69) is 16.0 Å². The molecule has 2 amide bonds. The molecule has 0 fully saturated rings. The van der Waals surface area contributed by atoms with Crippen LogP contribution in [0.3, 0.4) is 0 Å². The third-order valence-electron chi connectivity index (χ3n) is 4.26. The van der Waals surface area contributed by atoms with Crippen LogP contribution in [0.5, 0.6) is 0 Å². The zero-order valence-corrected chi connectivity index (χ0v) is 15.6. The van der Waals surface area contributed by atoms with Gasteiger partial charge in [0.05, 0.1) is 25.4 Å². The number of rotatable bonds is 8. The highest BCUT2D eigenvalue weighted by Gasteiger charge is 2.12. The lowest BCUT2D eigenvalue weighted by Crippen LogP contribution is -2.29. The van der Waals surface area contributed by atoms with Crippen LogP contribution >= 0.6 is 0 Å². The van der Waals surface area contributed by atoms with Crippen LogP contribution in [0.15, 0.2) is 77.4 Å². The second kappa shape index (κ2) is 9.41. The van der Waals surface area contributed by atoms with Crippen LogP contribution in [-0.4, -0.2) is 18.4 Å². The number of anilines is 1. The predicted molar refractivity (Wildman–Crippen MR) is 108 cm³/mol. The molecule has 6 nitrogen and oxygen atoms in total. The largest absolute Gasteiger partial charge is 0.467 e. The van der Waals surface area contributed by atoms with Crippen molar-refractivity contribution in [2.24, 2.45) is 0 Å². The monoisotopic (exact) mass is 377 g/mol. The number of benzene rings is 2. The van der Waals surface area contributed by atoms with Crippen LogP contribution in [0.4, 0.5) is 5.69 Å². The van der Waals surface area contributed by atoms with Gasteiger partial charge in [-0.05, 0) is 42.8 Å². The first-order valence-corrected chi connectivity index (χ1v) is 9.10. The molecule has 28 heavy (non-hydrogen) atoms. The van der Waals surface area contributed by atoms with Gasteiger partial charge in [-0.1, -0.05) is 36.4 Å². The van der Waals surface area contributed by atoms with Gasteiger partial charge in [-0.25, -0.2) is 0 Å². The minimum atomic E-state index is -0.165. The first-order chi connectivity index (χ1) is 13.6. The van der Waals surface area contributed by atoms with Crippen molar-refractivity contribution in [2.45, 2.75) is 19.5 Å². The quantitative estimate of drug-likeness (QED) is 0.561. The average Bonchev–Trinajstić information content (AvgIpc) is 3.25. The highest BCUT2D eigenvalue weighted by molar-refractivity contribution is 5.95. The van der Waals surface area contributed by atoms with E-state index in [4.69, 9.17) is 4.42 Å². The molecular formula is C22H23N3O3. The second-order valence-corrected chi connectivity index (χ2v) is 6.40. The fourth-order valence-corrected chi connectivity index (χ4v) is 2.72. The molecule has 144 valence electrons.